The van der Waals surface area contributed by atoms with Crippen molar-refractivity contribution in [2.75, 3.05) is 19.6 Å². The Labute approximate surface area is 353 Å². The molecule has 1 aliphatic rings. The van der Waals surface area contributed by atoms with E-state index in [1.165, 1.54) is 0 Å². The predicted molar refractivity (Wildman–Crippen MR) is 219 cm³/mol. The maximum absolute atomic E-state index is 15.6. The van der Waals surface area contributed by atoms with Gasteiger partial charge in [0.2, 0.25) is 0 Å². The predicted octanol–water partition coefficient (Wildman–Crippen LogP) is 6.98. The molecule has 1 fully saturated rings. The van der Waals surface area contributed by atoms with E-state index >= 15 is 8.78 Å². The molecule has 0 bridgehead atoms. The number of hydrogen-bond acceptors (Lipinski definition) is 10. The Morgan fingerprint density at radius 3 is 2.18 bits per heavy atom. The van der Waals surface area contributed by atoms with E-state index in [2.05, 4.69) is 38.0 Å². The molecule has 0 spiro atoms. The molecule has 4 N–H and O–H groups in total. The van der Waals surface area contributed by atoms with E-state index in [-0.39, 0.29) is 23.7 Å². The molecule has 0 radical (unpaired) electrons. The zero-order valence-corrected chi connectivity index (χ0v) is 35.5. The molecule has 1 aliphatic heterocycles. The second kappa shape index (κ2) is 19.4. The van der Waals surface area contributed by atoms with Gasteiger partial charge in [0.15, 0.2) is 0 Å². The summed E-state index contributed by atoms with van der Waals surface area (Å²) in [6.07, 6.45) is 0.554. The molecule has 1 saturated heterocycles. The molecule has 5 rings (SSSR count). The third kappa shape index (κ3) is 13.7. The smallest absolute Gasteiger partial charge is 0.422 e. The van der Waals surface area contributed by atoms with Crippen LogP contribution in [0.1, 0.15) is 89.9 Å². The number of amides is 2. The first-order valence-electron chi connectivity index (χ1n) is 19.7. The van der Waals surface area contributed by atoms with Gasteiger partial charge in [0.25, 0.3) is 0 Å². The summed E-state index contributed by atoms with van der Waals surface area (Å²) >= 11 is 0. The largest absolute Gasteiger partial charge is 0.444 e. The van der Waals surface area contributed by atoms with E-state index in [1.54, 1.807) is 72.0 Å². The number of halogens is 4. The molecule has 3 heterocycles. The summed E-state index contributed by atoms with van der Waals surface area (Å²) in [4.78, 5) is 30.6. The van der Waals surface area contributed by atoms with Crippen LogP contribution in [-0.4, -0.2) is 86.2 Å². The first-order valence-corrected chi connectivity index (χ1v) is 19.7. The molecular weight excluding hydrogens is 799 g/mol. The Morgan fingerprint density at radius 1 is 0.984 bits per heavy atom. The number of pyridine rings is 1. The number of ether oxygens (including phenoxy) is 3. The van der Waals surface area contributed by atoms with Crippen molar-refractivity contribution in [3.63, 3.8) is 0 Å². The molecule has 0 unspecified atom stereocenters. The number of alkyl carbamates (subject to hydrolysis) is 1. The highest BCUT2D eigenvalue weighted by atomic mass is 19.3. The van der Waals surface area contributed by atoms with Gasteiger partial charge in [-0.2, -0.15) is 13.9 Å². The average Bonchev–Trinajstić information content (AvgIpc) is 3.65. The first kappa shape index (κ1) is 46.5. The highest BCUT2D eigenvalue weighted by Crippen LogP contribution is 2.28. The number of aliphatic hydroxyl groups is 1. The summed E-state index contributed by atoms with van der Waals surface area (Å²) in [5.41, 5.74) is 2.46. The van der Waals surface area contributed by atoms with Gasteiger partial charge in [-0.15, -0.1) is 0 Å². The summed E-state index contributed by atoms with van der Waals surface area (Å²) < 4.78 is 74.7. The third-order valence-electron chi connectivity index (χ3n) is 9.27. The number of carbonyl (C=O) groups is 2. The molecule has 2 aromatic carbocycles. The zero-order valence-electron chi connectivity index (χ0n) is 35.5. The van der Waals surface area contributed by atoms with Crippen molar-refractivity contribution in [3.05, 3.63) is 107 Å². The number of nitrogens with one attached hydrogen (secondary N) is 3. The van der Waals surface area contributed by atoms with Crippen molar-refractivity contribution < 1.29 is 46.5 Å². The number of hydrogen-bond donors (Lipinski definition) is 4. The van der Waals surface area contributed by atoms with E-state index in [4.69, 9.17) is 14.2 Å². The number of carbonyl (C=O) groups excluding carboxylic acids is 2. The zero-order chi connectivity index (χ0) is 44.7. The van der Waals surface area contributed by atoms with Crippen molar-refractivity contribution in [1.82, 2.24) is 35.8 Å². The van der Waals surface area contributed by atoms with Gasteiger partial charge in [0.1, 0.15) is 28.4 Å². The van der Waals surface area contributed by atoms with Crippen LogP contribution in [-0.2, 0) is 32.8 Å². The van der Waals surface area contributed by atoms with E-state index < -0.39 is 78.0 Å². The average molecular weight is 852 g/mol. The van der Waals surface area contributed by atoms with Crippen molar-refractivity contribution in [1.29, 1.82) is 0 Å². The van der Waals surface area contributed by atoms with Gasteiger partial charge in [-0.25, -0.2) is 28.1 Å². The fourth-order valence-electron chi connectivity index (χ4n) is 6.48. The first-order chi connectivity index (χ1) is 28.6. The molecule has 0 aliphatic carbocycles. The summed E-state index contributed by atoms with van der Waals surface area (Å²) in [7, 11) is 0. The fraction of sp³-hybridized carbons (Fsp3) is 0.455. The molecule has 61 heavy (non-hydrogen) atoms. The monoisotopic (exact) mass is 851 g/mol. The SMILES string of the molecule is C[C@@H]1CNC[C@@](C)(c2ccc(C#Cc3ccc(C[C@H](NC(=O)OC(C)(C)C)[C@@H](O)CN(Cc4c(F)cc(-c5cnn(C(F)F)c5)cc4F)NC(=O)OC(C)(C)C)cc3)cn2)O1. The van der Waals surface area contributed by atoms with Crippen molar-refractivity contribution in [2.24, 2.45) is 0 Å². The number of aliphatic hydroxyl groups excluding tert-OH is 1. The minimum absolute atomic E-state index is 0.0471. The van der Waals surface area contributed by atoms with Gasteiger partial charge < -0.3 is 30.0 Å². The van der Waals surface area contributed by atoms with Crippen LogP contribution in [0.25, 0.3) is 11.1 Å². The fourth-order valence-corrected chi connectivity index (χ4v) is 6.48. The minimum Gasteiger partial charge on any atom is -0.444 e. The van der Waals surface area contributed by atoms with Gasteiger partial charge >= 0.3 is 18.7 Å². The van der Waals surface area contributed by atoms with Crippen molar-refractivity contribution in [3.8, 4) is 23.0 Å². The second-order valence-corrected chi connectivity index (χ2v) is 17.1. The molecule has 4 aromatic rings. The lowest BCUT2D eigenvalue weighted by molar-refractivity contribution is -0.105. The van der Waals surface area contributed by atoms with Crippen LogP contribution >= 0.6 is 0 Å². The van der Waals surface area contributed by atoms with Crippen LogP contribution < -0.4 is 16.1 Å². The van der Waals surface area contributed by atoms with Gasteiger partial charge in [0.05, 0.1) is 30.1 Å². The number of hydrazine groups is 1. The maximum Gasteiger partial charge on any atom is 0.422 e. The second-order valence-electron chi connectivity index (χ2n) is 17.1. The molecule has 13 nitrogen and oxygen atoms in total. The highest BCUT2D eigenvalue weighted by Gasteiger charge is 2.34. The molecule has 4 atom stereocenters. The number of benzene rings is 2. The van der Waals surface area contributed by atoms with Crippen molar-refractivity contribution >= 4 is 12.2 Å². The topological polar surface area (TPSA) is 152 Å². The third-order valence-corrected chi connectivity index (χ3v) is 9.27. The molecule has 2 amide bonds. The quantitative estimate of drug-likeness (QED) is 0.0668. The van der Waals surface area contributed by atoms with Crippen LogP contribution in [0.2, 0.25) is 0 Å². The summed E-state index contributed by atoms with van der Waals surface area (Å²) in [5, 5.41) is 22.3. The van der Waals surface area contributed by atoms with Crippen LogP contribution in [0.15, 0.2) is 67.1 Å². The number of nitrogens with zero attached hydrogens (tertiary/aromatic N) is 4. The lowest BCUT2D eigenvalue weighted by Crippen LogP contribution is -2.54. The van der Waals surface area contributed by atoms with E-state index in [0.717, 1.165) is 41.8 Å². The molecule has 0 saturated carbocycles. The summed E-state index contributed by atoms with van der Waals surface area (Å²) in [5.74, 6) is 4.13. The molecule has 17 heteroatoms. The van der Waals surface area contributed by atoms with E-state index in [0.29, 0.717) is 27.9 Å². The van der Waals surface area contributed by atoms with E-state index in [1.807, 2.05) is 26.0 Å². The normalized spacial score (nSPS) is 17.9. The molecule has 2 aromatic heterocycles. The Kier molecular flexibility index (Phi) is 14.8. The number of aromatic nitrogens is 3. The van der Waals surface area contributed by atoms with Crippen LogP contribution in [0.3, 0.4) is 0 Å². The lowest BCUT2D eigenvalue weighted by atomic mass is 9.98. The number of alkyl halides is 2. The standard InChI is InChI=1S/C44H53F4N7O6/c1-27-20-49-26-44(8,59-27)38-16-15-30(21-50-38)14-11-28-9-12-29(13-10-28)17-36(52-40(57)60-42(2,3)4)37(56)25-54(53-41(58)61-43(5,6)7)24-33-34(45)18-31(19-35(33)46)32-22-51-55(23-32)39(47)48/h9-10,12-13,15-16,18-19,21-23,27,36-37,39,49,56H,17,20,24-26H2,1-8H3,(H,52,57)(H,53,58)/t27-,36+,37+,44+/m1/s1. The summed E-state index contributed by atoms with van der Waals surface area (Å²) in [6, 6.07) is 11.8. The Hall–Kier alpha value is -5.54. The van der Waals surface area contributed by atoms with Gasteiger partial charge in [0, 0.05) is 60.8 Å². The van der Waals surface area contributed by atoms with Gasteiger partial charge in [-0.3, -0.25) is 10.4 Å². The Bertz CT molecular complexity index is 2170. The van der Waals surface area contributed by atoms with Gasteiger partial charge in [-0.05, 0) is 109 Å². The lowest BCUT2D eigenvalue weighted by Gasteiger charge is -2.37. The number of rotatable bonds is 12. The van der Waals surface area contributed by atoms with Crippen LogP contribution in [0.4, 0.5) is 27.2 Å². The molecule has 328 valence electrons. The van der Waals surface area contributed by atoms with Gasteiger partial charge in [-0.1, -0.05) is 24.0 Å². The van der Waals surface area contributed by atoms with Crippen LogP contribution in [0.5, 0.6) is 0 Å². The highest BCUT2D eigenvalue weighted by molar-refractivity contribution is 5.68. The Morgan fingerprint density at radius 2 is 1.61 bits per heavy atom. The molecular formula is C44H53F4N7O6. The van der Waals surface area contributed by atoms with E-state index in [9.17, 15) is 23.5 Å². The van der Waals surface area contributed by atoms with Crippen molar-refractivity contribution in [2.45, 2.75) is 110 Å². The number of morpholine rings is 1. The van der Waals surface area contributed by atoms with Crippen LogP contribution in [0, 0.1) is 23.5 Å². The summed E-state index contributed by atoms with van der Waals surface area (Å²) in [6.45, 7) is 11.3. The Balaban J connectivity index is 1.35. The minimum atomic E-state index is -2.95. The maximum atomic E-state index is 15.6.